The van der Waals surface area contributed by atoms with Crippen LogP contribution in [0.5, 0.6) is 0 Å². The number of hydrogen-bond acceptors (Lipinski definition) is 5. The normalized spacial score (nSPS) is 16.4. The lowest BCUT2D eigenvalue weighted by molar-refractivity contribution is 0.0951. The minimum absolute atomic E-state index is 0.0181. The van der Waals surface area contributed by atoms with Gasteiger partial charge in [0.2, 0.25) is 15.5 Å². The number of sulfonamides is 1. The molecular weight excluding hydrogens is 392 g/mol. The Hall–Kier alpha value is -2.23. The van der Waals surface area contributed by atoms with Gasteiger partial charge in [0.25, 0.3) is 5.91 Å². The number of benzene rings is 1. The van der Waals surface area contributed by atoms with Crippen molar-refractivity contribution in [2.45, 2.75) is 25.2 Å². The molecule has 29 heavy (non-hydrogen) atoms. The van der Waals surface area contributed by atoms with E-state index in [2.05, 4.69) is 29.0 Å². The Morgan fingerprint density at radius 2 is 1.90 bits per heavy atom. The molecular formula is C20H28N4O4S. The molecule has 9 heteroatoms. The van der Waals surface area contributed by atoms with Crippen LogP contribution in [0.1, 0.15) is 30.6 Å². The van der Waals surface area contributed by atoms with Crippen LogP contribution in [0.25, 0.3) is 10.9 Å². The maximum Gasteiger partial charge on any atom is 0.256 e. The minimum Gasteiger partial charge on any atom is -0.360 e. The number of carbonyl (C=O) groups is 1. The molecule has 1 saturated heterocycles. The molecule has 0 bridgehead atoms. The van der Waals surface area contributed by atoms with Gasteiger partial charge >= 0.3 is 0 Å². The molecule has 1 aliphatic heterocycles. The lowest BCUT2D eigenvalue weighted by Gasteiger charge is -2.31. The standard InChI is InChI=1S/C20H28N4O4S/c1-14(2)6-7-21-20(26)17-13-22-18-5-4-15(12-16(18)19(17)25)29(27,28)24-10-8-23(3)9-11-24/h4-5,12-14H,6-11H2,1-3H3,(H,21,26)(H,22,25). The molecule has 2 heterocycles. The average Bonchev–Trinajstić information content (AvgIpc) is 2.68. The van der Waals surface area contributed by atoms with Gasteiger partial charge in [-0.2, -0.15) is 4.31 Å². The van der Waals surface area contributed by atoms with Gasteiger partial charge in [-0.15, -0.1) is 0 Å². The van der Waals surface area contributed by atoms with Crippen LogP contribution in [0.4, 0.5) is 0 Å². The van der Waals surface area contributed by atoms with E-state index < -0.39 is 21.4 Å². The Balaban J connectivity index is 1.91. The van der Waals surface area contributed by atoms with Gasteiger partial charge in [-0.1, -0.05) is 13.8 Å². The van der Waals surface area contributed by atoms with Gasteiger partial charge < -0.3 is 15.2 Å². The average molecular weight is 421 g/mol. The molecule has 1 amide bonds. The van der Waals surface area contributed by atoms with Crippen molar-refractivity contribution in [3.05, 3.63) is 40.2 Å². The van der Waals surface area contributed by atoms with Crippen LogP contribution in [0.15, 0.2) is 34.1 Å². The molecule has 0 spiro atoms. The molecule has 8 nitrogen and oxygen atoms in total. The van der Waals surface area contributed by atoms with Gasteiger partial charge in [0.1, 0.15) is 5.56 Å². The maximum absolute atomic E-state index is 13.0. The van der Waals surface area contributed by atoms with Gasteiger partial charge in [0.15, 0.2) is 0 Å². The van der Waals surface area contributed by atoms with Crippen LogP contribution >= 0.6 is 0 Å². The van der Waals surface area contributed by atoms with E-state index >= 15 is 0 Å². The van der Waals surface area contributed by atoms with Crippen LogP contribution in [0.2, 0.25) is 0 Å². The largest absolute Gasteiger partial charge is 0.360 e. The van der Waals surface area contributed by atoms with Crippen LogP contribution in [-0.2, 0) is 10.0 Å². The molecule has 2 aromatic rings. The maximum atomic E-state index is 13.0. The number of amides is 1. The first kappa shape index (κ1) is 21.5. The summed E-state index contributed by atoms with van der Waals surface area (Å²) >= 11 is 0. The number of nitrogens with zero attached hydrogens (tertiary/aromatic N) is 2. The van der Waals surface area contributed by atoms with E-state index in [1.165, 1.54) is 22.6 Å². The van der Waals surface area contributed by atoms with E-state index in [1.54, 1.807) is 6.07 Å². The number of likely N-dealkylation sites (N-methyl/N-ethyl adjacent to an activating group) is 1. The van der Waals surface area contributed by atoms with Gasteiger partial charge in [0, 0.05) is 49.8 Å². The summed E-state index contributed by atoms with van der Waals surface area (Å²) in [6.07, 6.45) is 2.19. The summed E-state index contributed by atoms with van der Waals surface area (Å²) in [5.41, 5.74) is -0.00214. The monoisotopic (exact) mass is 420 g/mol. The van der Waals surface area contributed by atoms with Crippen molar-refractivity contribution in [3.8, 4) is 0 Å². The second-order valence-corrected chi connectivity index (χ2v) is 9.82. The SMILES string of the molecule is CC(C)CCNC(=O)c1c[nH]c2ccc(S(=O)(=O)N3CCN(C)CC3)cc2c1=O. The van der Waals surface area contributed by atoms with Gasteiger partial charge in [-0.3, -0.25) is 9.59 Å². The summed E-state index contributed by atoms with van der Waals surface area (Å²) in [7, 11) is -1.75. The Labute approximate surface area is 170 Å². The topological polar surface area (TPSA) is 103 Å². The van der Waals surface area contributed by atoms with E-state index in [0.717, 1.165) is 6.42 Å². The molecule has 2 N–H and O–H groups in total. The van der Waals surface area contributed by atoms with E-state index in [0.29, 0.717) is 44.2 Å². The van der Waals surface area contributed by atoms with Crippen LogP contribution < -0.4 is 10.7 Å². The Morgan fingerprint density at radius 3 is 2.55 bits per heavy atom. The van der Waals surface area contributed by atoms with Crippen molar-refractivity contribution in [3.63, 3.8) is 0 Å². The van der Waals surface area contributed by atoms with Gasteiger partial charge in [0.05, 0.1) is 4.90 Å². The number of hydrogen-bond donors (Lipinski definition) is 2. The zero-order valence-electron chi connectivity index (χ0n) is 17.1. The number of pyridine rings is 1. The number of carbonyl (C=O) groups excluding carboxylic acids is 1. The summed E-state index contributed by atoms with van der Waals surface area (Å²) in [5.74, 6) is -0.0198. The quantitative estimate of drug-likeness (QED) is 0.732. The number of rotatable bonds is 6. The first-order chi connectivity index (χ1) is 13.7. The number of nitrogens with one attached hydrogen (secondary N) is 2. The first-order valence-electron chi connectivity index (χ1n) is 9.82. The summed E-state index contributed by atoms with van der Waals surface area (Å²) < 4.78 is 27.4. The van der Waals surface area contributed by atoms with Crippen molar-refractivity contribution in [2.75, 3.05) is 39.8 Å². The lowest BCUT2D eigenvalue weighted by atomic mass is 10.1. The first-order valence-corrected chi connectivity index (χ1v) is 11.3. The minimum atomic E-state index is -3.70. The second kappa shape index (κ2) is 8.64. The number of fused-ring (bicyclic) bond motifs is 1. The van der Waals surface area contributed by atoms with Crippen molar-refractivity contribution in [2.24, 2.45) is 5.92 Å². The molecule has 1 aromatic heterocycles. The zero-order chi connectivity index (χ0) is 21.2. The smallest absolute Gasteiger partial charge is 0.256 e. The molecule has 0 atom stereocenters. The zero-order valence-corrected chi connectivity index (χ0v) is 17.9. The summed E-state index contributed by atoms with van der Waals surface area (Å²) in [5, 5.41) is 2.94. The van der Waals surface area contributed by atoms with Gasteiger partial charge in [-0.25, -0.2) is 8.42 Å². The van der Waals surface area contributed by atoms with E-state index in [1.807, 2.05) is 7.05 Å². The van der Waals surface area contributed by atoms with Crippen LogP contribution in [-0.4, -0.2) is 68.3 Å². The molecule has 158 valence electrons. The summed E-state index contributed by atoms with van der Waals surface area (Å²) in [4.78, 5) is 30.3. The van der Waals surface area contributed by atoms with E-state index in [-0.39, 0.29) is 15.8 Å². The fourth-order valence-corrected chi connectivity index (χ4v) is 4.72. The van der Waals surface area contributed by atoms with Crippen molar-refractivity contribution in [1.82, 2.24) is 19.5 Å². The fraction of sp³-hybridized carbons (Fsp3) is 0.500. The molecule has 0 unspecified atom stereocenters. The molecule has 1 aromatic carbocycles. The van der Waals surface area contributed by atoms with Crippen LogP contribution in [0.3, 0.4) is 0 Å². The third-order valence-corrected chi connectivity index (χ3v) is 7.10. The van der Waals surface area contributed by atoms with Crippen molar-refractivity contribution >= 4 is 26.8 Å². The highest BCUT2D eigenvalue weighted by Crippen LogP contribution is 2.20. The third kappa shape index (κ3) is 4.68. The second-order valence-electron chi connectivity index (χ2n) is 7.88. The Morgan fingerprint density at radius 1 is 1.21 bits per heavy atom. The molecule has 0 aliphatic carbocycles. The molecule has 0 radical (unpaired) electrons. The highest BCUT2D eigenvalue weighted by atomic mass is 32.2. The van der Waals surface area contributed by atoms with E-state index in [9.17, 15) is 18.0 Å². The summed E-state index contributed by atoms with van der Waals surface area (Å²) in [6.45, 7) is 6.72. The number of H-pyrrole nitrogens is 1. The molecule has 1 aliphatic rings. The molecule has 1 fully saturated rings. The number of aromatic amines is 1. The van der Waals surface area contributed by atoms with E-state index in [4.69, 9.17) is 0 Å². The van der Waals surface area contributed by atoms with Crippen molar-refractivity contribution in [1.29, 1.82) is 0 Å². The molecule has 0 saturated carbocycles. The Bertz CT molecular complexity index is 1050. The highest BCUT2D eigenvalue weighted by molar-refractivity contribution is 7.89. The van der Waals surface area contributed by atoms with Crippen molar-refractivity contribution < 1.29 is 13.2 Å². The van der Waals surface area contributed by atoms with Gasteiger partial charge in [-0.05, 0) is 37.6 Å². The lowest BCUT2D eigenvalue weighted by Crippen LogP contribution is -2.47. The summed E-state index contributed by atoms with van der Waals surface area (Å²) in [6, 6.07) is 4.43. The number of aromatic nitrogens is 1. The third-order valence-electron chi connectivity index (χ3n) is 5.20. The fourth-order valence-electron chi connectivity index (χ4n) is 3.27. The molecule has 3 rings (SSSR count). The Kier molecular flexibility index (Phi) is 6.40. The predicted octanol–water partition coefficient (Wildman–Crippen LogP) is 1.24. The number of piperazine rings is 1. The van der Waals surface area contributed by atoms with Crippen LogP contribution in [0, 0.1) is 5.92 Å². The highest BCUT2D eigenvalue weighted by Gasteiger charge is 2.28. The predicted molar refractivity (Wildman–Crippen MR) is 113 cm³/mol.